The van der Waals surface area contributed by atoms with E-state index in [-0.39, 0.29) is 11.7 Å². The van der Waals surface area contributed by atoms with E-state index in [2.05, 4.69) is 0 Å². The fourth-order valence-corrected chi connectivity index (χ4v) is 2.23. The molecule has 0 spiro atoms. The second kappa shape index (κ2) is 6.85. The van der Waals surface area contributed by atoms with Gasteiger partial charge in [-0.25, -0.2) is 0 Å². The van der Waals surface area contributed by atoms with Crippen molar-refractivity contribution in [3.8, 4) is 5.75 Å². The van der Waals surface area contributed by atoms with Crippen molar-refractivity contribution in [2.45, 2.75) is 18.9 Å². The molecule has 0 aliphatic heterocycles. The van der Waals surface area contributed by atoms with Crippen molar-refractivity contribution in [3.05, 3.63) is 69.8 Å². The minimum Gasteiger partial charge on any atom is -0.497 e. The average molecular weight is 286 g/mol. The molecule has 0 fully saturated rings. The molecule has 0 bridgehead atoms. The van der Waals surface area contributed by atoms with Gasteiger partial charge < -0.3 is 10.5 Å². The molecule has 1 unspecified atom stereocenters. The van der Waals surface area contributed by atoms with Crippen LogP contribution in [-0.4, -0.2) is 18.1 Å². The Hall–Kier alpha value is -2.40. The van der Waals surface area contributed by atoms with E-state index < -0.39 is 4.92 Å². The van der Waals surface area contributed by atoms with Gasteiger partial charge in [-0.1, -0.05) is 24.3 Å². The number of rotatable bonds is 6. The van der Waals surface area contributed by atoms with Crippen molar-refractivity contribution in [2.75, 3.05) is 7.11 Å². The second-order valence-corrected chi connectivity index (χ2v) is 4.94. The Balaban J connectivity index is 1.97. The molecular formula is C16H18N2O3. The molecule has 0 heterocycles. The predicted molar refractivity (Wildman–Crippen MR) is 81.5 cm³/mol. The van der Waals surface area contributed by atoms with E-state index in [9.17, 15) is 10.1 Å². The molecule has 0 saturated heterocycles. The largest absolute Gasteiger partial charge is 0.497 e. The van der Waals surface area contributed by atoms with Crippen LogP contribution in [0.25, 0.3) is 0 Å². The normalized spacial score (nSPS) is 11.9. The molecule has 2 rings (SSSR count). The Morgan fingerprint density at radius 3 is 2.43 bits per heavy atom. The highest BCUT2D eigenvalue weighted by atomic mass is 16.6. The van der Waals surface area contributed by atoms with Crippen molar-refractivity contribution in [1.82, 2.24) is 0 Å². The Labute approximate surface area is 123 Å². The third-order valence-electron chi connectivity index (χ3n) is 3.28. The number of hydrogen-bond donors (Lipinski definition) is 1. The molecule has 2 aromatic rings. The predicted octanol–water partition coefficient (Wildman–Crippen LogP) is 2.72. The summed E-state index contributed by atoms with van der Waals surface area (Å²) in [7, 11) is 1.63. The van der Waals surface area contributed by atoms with Gasteiger partial charge in [-0.3, -0.25) is 10.1 Å². The van der Waals surface area contributed by atoms with Crippen LogP contribution in [0.1, 0.15) is 11.1 Å². The fraction of sp³-hybridized carbons (Fsp3) is 0.250. The summed E-state index contributed by atoms with van der Waals surface area (Å²) < 4.78 is 5.19. The SMILES string of the molecule is COc1cccc(CC(N)Cc2ccc([N+](=O)[O-])cc2)c1. The molecule has 2 aromatic carbocycles. The van der Waals surface area contributed by atoms with Crippen LogP contribution in [0, 0.1) is 10.1 Å². The number of ether oxygens (including phenoxy) is 1. The summed E-state index contributed by atoms with van der Waals surface area (Å²) in [6, 6.07) is 14.3. The minimum absolute atomic E-state index is 0.0430. The van der Waals surface area contributed by atoms with Crippen molar-refractivity contribution in [2.24, 2.45) is 5.73 Å². The molecule has 0 amide bonds. The lowest BCUT2D eigenvalue weighted by atomic mass is 9.99. The number of methoxy groups -OCH3 is 1. The van der Waals surface area contributed by atoms with E-state index in [0.29, 0.717) is 6.42 Å². The second-order valence-electron chi connectivity index (χ2n) is 4.94. The van der Waals surface area contributed by atoms with Crippen LogP contribution < -0.4 is 10.5 Å². The maximum absolute atomic E-state index is 10.6. The molecule has 5 heteroatoms. The van der Waals surface area contributed by atoms with Gasteiger partial charge in [0.1, 0.15) is 5.75 Å². The number of nitro benzene ring substituents is 1. The van der Waals surface area contributed by atoms with E-state index in [4.69, 9.17) is 10.5 Å². The van der Waals surface area contributed by atoms with Crippen molar-refractivity contribution < 1.29 is 9.66 Å². The van der Waals surface area contributed by atoms with Crippen LogP contribution in [0.4, 0.5) is 5.69 Å². The zero-order chi connectivity index (χ0) is 15.2. The molecule has 21 heavy (non-hydrogen) atoms. The van der Waals surface area contributed by atoms with E-state index in [1.807, 2.05) is 24.3 Å². The molecule has 5 nitrogen and oxygen atoms in total. The molecule has 110 valence electrons. The van der Waals surface area contributed by atoms with Gasteiger partial charge in [0.05, 0.1) is 12.0 Å². The first-order valence-corrected chi connectivity index (χ1v) is 6.70. The van der Waals surface area contributed by atoms with E-state index in [1.165, 1.54) is 12.1 Å². The summed E-state index contributed by atoms with van der Waals surface area (Å²) in [6.07, 6.45) is 1.41. The smallest absolute Gasteiger partial charge is 0.269 e. The quantitative estimate of drug-likeness (QED) is 0.654. The van der Waals surface area contributed by atoms with E-state index >= 15 is 0 Å². The lowest BCUT2D eigenvalue weighted by molar-refractivity contribution is -0.384. The van der Waals surface area contributed by atoms with E-state index in [1.54, 1.807) is 19.2 Å². The Kier molecular flexibility index (Phi) is 4.90. The molecule has 0 aromatic heterocycles. The van der Waals surface area contributed by atoms with Gasteiger partial charge >= 0.3 is 0 Å². The summed E-state index contributed by atoms with van der Waals surface area (Å²) in [4.78, 5) is 10.2. The molecule has 2 N–H and O–H groups in total. The molecule has 1 atom stereocenters. The maximum Gasteiger partial charge on any atom is 0.269 e. The number of non-ortho nitro benzene ring substituents is 1. The summed E-state index contributed by atoms with van der Waals surface area (Å²) in [5.41, 5.74) is 8.36. The minimum atomic E-state index is -0.403. The van der Waals surface area contributed by atoms with E-state index in [0.717, 1.165) is 23.3 Å². The third-order valence-corrected chi connectivity index (χ3v) is 3.28. The van der Waals surface area contributed by atoms with Crippen molar-refractivity contribution in [3.63, 3.8) is 0 Å². The Morgan fingerprint density at radius 1 is 1.14 bits per heavy atom. The first kappa shape index (κ1) is 15.0. The standard InChI is InChI=1S/C16H18N2O3/c1-21-16-4-2-3-13(11-16)10-14(17)9-12-5-7-15(8-6-12)18(19)20/h2-8,11,14H,9-10,17H2,1H3. The number of hydrogen-bond acceptors (Lipinski definition) is 4. The van der Waals surface area contributed by atoms with Gasteiger partial charge in [-0.2, -0.15) is 0 Å². The van der Waals surface area contributed by atoms with Gasteiger partial charge in [-0.15, -0.1) is 0 Å². The molecule has 0 saturated carbocycles. The van der Waals surface area contributed by atoms with Gasteiger partial charge in [0.2, 0.25) is 0 Å². The summed E-state index contributed by atoms with van der Waals surface area (Å²) in [6.45, 7) is 0. The van der Waals surface area contributed by atoms with Gasteiger partial charge in [0.15, 0.2) is 0 Å². The topological polar surface area (TPSA) is 78.4 Å². The highest BCUT2D eigenvalue weighted by Crippen LogP contribution is 2.16. The summed E-state index contributed by atoms with van der Waals surface area (Å²) in [5.74, 6) is 0.815. The summed E-state index contributed by atoms with van der Waals surface area (Å²) in [5, 5.41) is 10.6. The van der Waals surface area contributed by atoms with Gasteiger partial charge in [-0.05, 0) is 36.1 Å². The van der Waals surface area contributed by atoms with Crippen molar-refractivity contribution in [1.29, 1.82) is 0 Å². The first-order chi connectivity index (χ1) is 10.1. The Bertz CT molecular complexity index is 611. The third kappa shape index (κ3) is 4.29. The highest BCUT2D eigenvalue weighted by Gasteiger charge is 2.09. The highest BCUT2D eigenvalue weighted by molar-refractivity contribution is 5.33. The number of benzene rings is 2. The summed E-state index contributed by atoms with van der Waals surface area (Å²) >= 11 is 0. The lowest BCUT2D eigenvalue weighted by Crippen LogP contribution is -2.25. The van der Waals surface area contributed by atoms with Crippen LogP contribution in [0.3, 0.4) is 0 Å². The van der Waals surface area contributed by atoms with Crippen LogP contribution in [0.5, 0.6) is 5.75 Å². The molecule has 0 radical (unpaired) electrons. The Morgan fingerprint density at radius 2 is 1.81 bits per heavy atom. The van der Waals surface area contributed by atoms with Crippen molar-refractivity contribution >= 4 is 5.69 Å². The van der Waals surface area contributed by atoms with Gasteiger partial charge in [0.25, 0.3) is 5.69 Å². The molecule has 0 aliphatic rings. The monoisotopic (exact) mass is 286 g/mol. The van der Waals surface area contributed by atoms with Crippen LogP contribution >= 0.6 is 0 Å². The van der Waals surface area contributed by atoms with Gasteiger partial charge in [0, 0.05) is 18.2 Å². The fourth-order valence-electron chi connectivity index (χ4n) is 2.23. The number of nitro groups is 1. The molecule has 0 aliphatic carbocycles. The maximum atomic E-state index is 10.6. The lowest BCUT2D eigenvalue weighted by Gasteiger charge is -2.12. The number of nitrogens with two attached hydrogens (primary N) is 1. The number of nitrogens with zero attached hydrogens (tertiary/aromatic N) is 1. The zero-order valence-electron chi connectivity index (χ0n) is 11.9. The zero-order valence-corrected chi connectivity index (χ0v) is 11.9. The average Bonchev–Trinajstić information content (AvgIpc) is 2.47. The molecular weight excluding hydrogens is 268 g/mol. The van der Waals surface area contributed by atoms with Crippen LogP contribution in [-0.2, 0) is 12.8 Å². The van der Waals surface area contributed by atoms with Crippen LogP contribution in [0.2, 0.25) is 0 Å². The first-order valence-electron chi connectivity index (χ1n) is 6.70. The van der Waals surface area contributed by atoms with Crippen LogP contribution in [0.15, 0.2) is 48.5 Å².